The normalized spacial score (nSPS) is 13.3. The first kappa shape index (κ1) is 40.1. The molecule has 0 amide bonds. The summed E-state index contributed by atoms with van der Waals surface area (Å²) in [5.41, 5.74) is 17.9. The number of nitrogens with one attached hydrogen (secondary N) is 1. The highest BCUT2D eigenvalue weighted by molar-refractivity contribution is 6.50. The summed E-state index contributed by atoms with van der Waals surface area (Å²) < 4.78 is 0. The Labute approximate surface area is 399 Å². The van der Waals surface area contributed by atoms with Gasteiger partial charge in [0.1, 0.15) is 0 Å². The predicted octanol–water partition coefficient (Wildman–Crippen LogP) is 15.3. The molecule has 0 saturated carbocycles. The van der Waals surface area contributed by atoms with E-state index in [9.17, 15) is 0 Å². The van der Waals surface area contributed by atoms with Gasteiger partial charge in [-0.3, -0.25) is 15.8 Å². The summed E-state index contributed by atoms with van der Waals surface area (Å²) in [6.45, 7) is 0. The number of rotatable bonds is 7. The zero-order chi connectivity index (χ0) is 45.8. The number of pyridine rings is 1. The summed E-state index contributed by atoms with van der Waals surface area (Å²) in [6.07, 6.45) is 8.13. The van der Waals surface area contributed by atoms with Gasteiger partial charge in [-0.2, -0.15) is 5.10 Å². The zero-order valence-corrected chi connectivity index (χ0v) is 37.6. The van der Waals surface area contributed by atoms with E-state index in [1.807, 2.05) is 24.4 Å². The lowest BCUT2D eigenvalue weighted by atomic mass is 9.84. The number of fused-ring (bicyclic) bond motifs is 6. The first-order valence-corrected chi connectivity index (χ1v) is 23.4. The van der Waals surface area contributed by atoms with E-state index in [1.165, 1.54) is 87.2 Å². The van der Waals surface area contributed by atoms with Gasteiger partial charge in [-0.25, -0.2) is 0 Å². The van der Waals surface area contributed by atoms with Gasteiger partial charge in [0.15, 0.2) is 5.71 Å². The van der Waals surface area contributed by atoms with Gasteiger partial charge in [0.05, 0.1) is 11.2 Å². The van der Waals surface area contributed by atoms with Crippen LogP contribution >= 0.6 is 0 Å². The molecule has 11 aromatic carbocycles. The fraction of sp³-hybridized carbons (Fsp3) is 0. The lowest BCUT2D eigenvalue weighted by Crippen LogP contribution is -2.44. The van der Waals surface area contributed by atoms with E-state index in [2.05, 4.69) is 224 Å². The molecule has 0 aliphatic heterocycles. The van der Waals surface area contributed by atoms with Crippen LogP contribution in [0.25, 0.3) is 115 Å². The Hall–Kier alpha value is -9.25. The number of benzene rings is 11. The van der Waals surface area contributed by atoms with Gasteiger partial charge in [0.25, 0.3) is 0 Å². The zero-order valence-electron chi connectivity index (χ0n) is 37.6. The van der Waals surface area contributed by atoms with Crippen molar-refractivity contribution in [1.29, 1.82) is 0 Å². The van der Waals surface area contributed by atoms with Gasteiger partial charge in [0.2, 0.25) is 5.71 Å². The fourth-order valence-corrected chi connectivity index (χ4v) is 10.4. The molecule has 3 N–H and O–H groups in total. The van der Waals surface area contributed by atoms with Crippen LogP contribution in [0, 0.1) is 0 Å². The number of allylic oxidation sites excluding steroid dienone is 4. The van der Waals surface area contributed by atoms with Gasteiger partial charge in [-0.1, -0.05) is 182 Å². The quantitative estimate of drug-likeness (QED) is 0.0952. The molecule has 4 nitrogen and oxygen atoms in total. The maximum Gasteiger partial charge on any atom is 0.225 e. The number of para-hydroxylation sites is 1. The van der Waals surface area contributed by atoms with Crippen LogP contribution in [0.2, 0.25) is 0 Å². The van der Waals surface area contributed by atoms with Gasteiger partial charge < -0.3 is 0 Å². The molecule has 0 fully saturated rings. The Kier molecular flexibility index (Phi) is 9.62. The molecule has 4 heteroatoms. The number of hydrogen-bond donors (Lipinski definition) is 2. The van der Waals surface area contributed by atoms with E-state index < -0.39 is 0 Å². The van der Waals surface area contributed by atoms with Crippen LogP contribution in [0.15, 0.2) is 248 Å². The van der Waals surface area contributed by atoms with Crippen molar-refractivity contribution in [2.75, 3.05) is 5.43 Å². The van der Waals surface area contributed by atoms with Crippen molar-refractivity contribution in [2.45, 2.75) is 0 Å². The van der Waals surface area contributed by atoms with Crippen LogP contribution < -0.4 is 10.8 Å². The Balaban J connectivity index is 0.823. The molecule has 0 atom stereocenters. The minimum Gasteiger partial charge on any atom is -0.278 e. The highest BCUT2D eigenvalue weighted by atomic mass is 15.3. The Morgan fingerprint density at radius 3 is 1.54 bits per heavy atom. The maximum absolute atomic E-state index is 6.83. The number of nitrogens with zero attached hydrogens (tertiary/aromatic N) is 2. The van der Waals surface area contributed by atoms with Crippen molar-refractivity contribution in [3.05, 3.63) is 248 Å². The number of hydrogen-bond acceptors (Lipinski definition) is 3. The Morgan fingerprint density at radius 2 is 0.884 bits per heavy atom. The highest BCUT2D eigenvalue weighted by Crippen LogP contribution is 2.46. The van der Waals surface area contributed by atoms with Gasteiger partial charge in [-0.05, 0) is 152 Å². The molecule has 1 aromatic heterocycles. The van der Waals surface area contributed by atoms with E-state index in [0.29, 0.717) is 11.4 Å². The maximum atomic E-state index is 6.83. The third kappa shape index (κ3) is 7.14. The summed E-state index contributed by atoms with van der Waals surface area (Å²) in [7, 11) is 0. The third-order valence-corrected chi connectivity index (χ3v) is 13.8. The van der Waals surface area contributed by atoms with Crippen LogP contribution in [0.5, 0.6) is 0 Å². The first-order chi connectivity index (χ1) is 34.1. The van der Waals surface area contributed by atoms with Crippen LogP contribution in [0.3, 0.4) is 0 Å². The fourth-order valence-electron chi connectivity index (χ4n) is 10.4. The standard InChI is InChI=1S/C65H42N4/c66-61-39-47(28-34-63(61)69-68-52-29-25-43(26-30-52)53-32-33-54(56-17-7-6-16-55(53)56)51-37-48-15-5-10-20-62(48)67-40-51)46-27-31-59-60(38-46)65(50-24-22-42-12-2-4-14-45(42)36-50)58-19-9-8-18-57(58)64(59)49-23-21-41-11-1-3-13-44(41)35-49/h1-40,66,68H/p+1/b66-61?,69-63-. The van der Waals surface area contributed by atoms with Gasteiger partial charge >= 0.3 is 0 Å². The second-order valence-corrected chi connectivity index (χ2v) is 17.9. The van der Waals surface area contributed by atoms with Crippen LogP contribution in [0.1, 0.15) is 5.56 Å². The van der Waals surface area contributed by atoms with Gasteiger partial charge in [0, 0.05) is 23.2 Å². The monoisotopic (exact) mass is 879 g/mol. The first-order valence-electron chi connectivity index (χ1n) is 23.4. The molecule has 69 heavy (non-hydrogen) atoms. The molecule has 1 heterocycles. The van der Waals surface area contributed by atoms with E-state index >= 15 is 0 Å². The molecule has 1 aliphatic rings. The summed E-state index contributed by atoms with van der Waals surface area (Å²) >= 11 is 0. The number of aromatic nitrogens is 1. The Morgan fingerprint density at radius 1 is 0.377 bits per heavy atom. The van der Waals surface area contributed by atoms with Crippen LogP contribution in [-0.4, -0.2) is 16.4 Å². The molecule has 1 aliphatic carbocycles. The van der Waals surface area contributed by atoms with E-state index in [1.54, 1.807) is 0 Å². The largest absolute Gasteiger partial charge is 0.278 e. The molecule has 322 valence electrons. The molecular weight excluding hydrogens is 837 g/mol. The van der Waals surface area contributed by atoms with E-state index in [4.69, 9.17) is 15.5 Å². The number of anilines is 1. The summed E-state index contributed by atoms with van der Waals surface area (Å²) in [4.78, 5) is 4.75. The lowest BCUT2D eigenvalue weighted by molar-refractivity contribution is -0.108. The predicted molar refractivity (Wildman–Crippen MR) is 293 cm³/mol. The topological polar surface area (TPSA) is 62.9 Å². The van der Waals surface area contributed by atoms with Crippen molar-refractivity contribution in [1.82, 2.24) is 4.98 Å². The molecular formula is C65H43N4+. The molecule has 0 bridgehead atoms. The third-order valence-electron chi connectivity index (χ3n) is 13.8. The molecule has 13 rings (SSSR count). The second-order valence-electron chi connectivity index (χ2n) is 17.9. The molecule has 0 unspecified atom stereocenters. The number of hydrazone groups is 1. The Bertz CT molecular complexity index is 4180. The summed E-state index contributed by atoms with van der Waals surface area (Å²) in [6, 6.07) is 78.5. The molecule has 0 radical (unpaired) electrons. The average molecular weight is 880 g/mol. The molecule has 0 saturated heterocycles. The van der Waals surface area contributed by atoms with Crippen LogP contribution in [0.4, 0.5) is 5.69 Å². The smallest absolute Gasteiger partial charge is 0.225 e. The van der Waals surface area contributed by atoms with Crippen molar-refractivity contribution in [2.24, 2.45) is 5.10 Å². The van der Waals surface area contributed by atoms with Crippen LogP contribution in [-0.2, 0) is 0 Å². The molecule has 12 aromatic rings. The minimum absolute atomic E-state index is 0.593. The van der Waals surface area contributed by atoms with E-state index in [-0.39, 0.29) is 0 Å². The molecule has 0 spiro atoms. The van der Waals surface area contributed by atoms with Crippen molar-refractivity contribution in [3.63, 3.8) is 0 Å². The van der Waals surface area contributed by atoms with Crippen molar-refractivity contribution >= 4 is 87.4 Å². The minimum atomic E-state index is 0.593. The van der Waals surface area contributed by atoms with Crippen molar-refractivity contribution in [3.8, 4) is 44.5 Å². The average Bonchev–Trinajstić information content (AvgIpc) is 3.41. The highest BCUT2D eigenvalue weighted by Gasteiger charge is 2.21. The van der Waals surface area contributed by atoms with Gasteiger partial charge in [-0.15, -0.1) is 0 Å². The summed E-state index contributed by atoms with van der Waals surface area (Å²) in [5.74, 6) is 0. The summed E-state index contributed by atoms with van der Waals surface area (Å²) in [5, 5.41) is 24.8. The number of nitrogens with two attached hydrogens (primary N) is 1. The van der Waals surface area contributed by atoms with E-state index in [0.717, 1.165) is 38.9 Å². The second kappa shape index (κ2) is 16.6. The lowest BCUT2D eigenvalue weighted by Gasteiger charge is -2.19. The van der Waals surface area contributed by atoms with Crippen molar-refractivity contribution < 1.29 is 5.41 Å². The SMILES string of the molecule is [NH2+]=C1C=C(c2ccc3c(-c4ccc5ccccc5c4)c4ccccc4c(-c4ccc5ccccc5c4)c3c2)C=C/C1=N/Nc1ccc(-c2ccc(-c3cnc4ccccc4c3)c3ccccc23)cc1.